The van der Waals surface area contributed by atoms with Crippen molar-refractivity contribution in [2.45, 2.75) is 47.0 Å². The van der Waals surface area contributed by atoms with E-state index < -0.39 is 0 Å². The maximum Gasteiger partial charge on any atom is 3.00 e. The van der Waals surface area contributed by atoms with Crippen molar-refractivity contribution in [2.75, 3.05) is 0 Å². The summed E-state index contributed by atoms with van der Waals surface area (Å²) in [7, 11) is 0. The van der Waals surface area contributed by atoms with Gasteiger partial charge in [0.25, 0.3) is 0 Å². The van der Waals surface area contributed by atoms with Crippen LogP contribution in [0.25, 0.3) is 0 Å². The number of aromatic nitrogens is 2. The molecule has 2 N–H and O–H groups in total. The number of nitrogens with one attached hydrogen (secondary N) is 2. The van der Waals surface area contributed by atoms with Crippen LogP contribution in [0.2, 0.25) is 0 Å². The number of hydrogen-bond donors (Lipinski definition) is 2. The van der Waals surface area contributed by atoms with Crippen molar-refractivity contribution in [3.8, 4) is 0 Å². The van der Waals surface area contributed by atoms with E-state index in [4.69, 9.17) is 6.58 Å². The normalized spacial score (nSPS) is 8.04. The molecule has 0 aromatic carbocycles. The average molecular weight is 556 g/mol. The van der Waals surface area contributed by atoms with Gasteiger partial charge in [-0.2, -0.15) is 30.8 Å². The summed E-state index contributed by atoms with van der Waals surface area (Å²) >= 11 is 0. The van der Waals surface area contributed by atoms with Crippen LogP contribution in [0.4, 0.5) is 0 Å². The number of hydrogen-bond acceptors (Lipinski definition) is 0. The molecule has 0 atom stereocenters. The Bertz CT molecular complexity index is 465. The van der Waals surface area contributed by atoms with Crippen molar-refractivity contribution < 1.29 is 39.0 Å². The Morgan fingerprint density at radius 1 is 1.14 bits per heavy atom. The van der Waals surface area contributed by atoms with Crippen molar-refractivity contribution in [3.05, 3.63) is 105 Å². The Kier molecular flexibility index (Phi) is 54.2. The molecule has 2 aromatic heterocycles. The van der Waals surface area contributed by atoms with Gasteiger partial charge in [-0.15, -0.1) is 6.20 Å². The van der Waals surface area contributed by atoms with Crippen molar-refractivity contribution in [2.24, 2.45) is 0 Å². The van der Waals surface area contributed by atoms with Crippen molar-refractivity contribution in [1.82, 2.24) is 9.97 Å². The van der Waals surface area contributed by atoms with E-state index in [0.717, 1.165) is 6.42 Å². The van der Waals surface area contributed by atoms with Gasteiger partial charge < -0.3 is 16.9 Å². The maximum absolute atomic E-state index is 4.93. The molecule has 0 saturated carbocycles. The summed E-state index contributed by atoms with van der Waals surface area (Å²) in [4.78, 5) is 5.87. The standard InChI is InChI=1S/C7H11N.C5H8.C5H7.C4H4N.C3H7.2Ru/c1-2-4-7-5-3-6-8-7;2*1-3-5-4-2;1-2-4-5-3-1;1-3-2;;/h3,5-6,8H,2,4H2,1H3;3-5H,1H2,2H3;1,3-5H,2H3;1-3,5H;1,3H2,2H3;;/q;;3*-1;;+3. The number of aromatic amines is 2. The number of rotatable bonds is 4. The van der Waals surface area contributed by atoms with Gasteiger partial charge in [0.15, 0.2) is 0 Å². The Labute approximate surface area is 200 Å². The second-order valence-corrected chi connectivity index (χ2v) is 4.74. The number of aryl methyl sites for hydroxylation is 1. The second kappa shape index (κ2) is 40.5. The van der Waals surface area contributed by atoms with Gasteiger partial charge in [-0.05, 0) is 25.5 Å². The smallest absolute Gasteiger partial charge is 0.484 e. The van der Waals surface area contributed by atoms with Gasteiger partial charge >= 0.3 is 19.5 Å². The minimum atomic E-state index is 0. The van der Waals surface area contributed by atoms with E-state index in [-0.39, 0.29) is 39.0 Å². The van der Waals surface area contributed by atoms with Gasteiger partial charge in [-0.1, -0.05) is 52.0 Å². The van der Waals surface area contributed by atoms with Gasteiger partial charge in [-0.25, -0.2) is 12.2 Å². The summed E-state index contributed by atoms with van der Waals surface area (Å²) < 4.78 is 0. The van der Waals surface area contributed by atoms with Crippen LogP contribution in [-0.4, -0.2) is 9.97 Å². The summed E-state index contributed by atoms with van der Waals surface area (Å²) in [5, 5.41) is 0. The first-order valence-electron chi connectivity index (χ1n) is 8.99. The third-order valence-electron chi connectivity index (χ3n) is 2.26. The van der Waals surface area contributed by atoms with E-state index in [0.29, 0.717) is 0 Å². The van der Waals surface area contributed by atoms with Gasteiger partial charge in [0, 0.05) is 31.4 Å². The third kappa shape index (κ3) is 44.3. The average Bonchev–Trinajstić information content (AvgIpc) is 3.35. The molecule has 0 saturated heterocycles. The molecule has 2 nitrogen and oxygen atoms in total. The quantitative estimate of drug-likeness (QED) is 0.225. The van der Waals surface area contributed by atoms with Crippen LogP contribution in [0.15, 0.2) is 79.7 Å². The Hall–Kier alpha value is -1.23. The molecule has 28 heavy (non-hydrogen) atoms. The molecule has 0 unspecified atom stereocenters. The first-order valence-corrected chi connectivity index (χ1v) is 8.99. The number of allylic oxidation sites excluding steroid dienone is 6. The van der Waals surface area contributed by atoms with Crippen LogP contribution in [0.5, 0.6) is 0 Å². The first kappa shape index (κ1) is 37.5. The third-order valence-corrected chi connectivity index (χ3v) is 2.26. The molecule has 0 aliphatic rings. The predicted molar refractivity (Wildman–Crippen MR) is 119 cm³/mol. The summed E-state index contributed by atoms with van der Waals surface area (Å²) in [5.74, 6) is 0. The van der Waals surface area contributed by atoms with Gasteiger partial charge in [0.1, 0.15) is 0 Å². The van der Waals surface area contributed by atoms with Gasteiger partial charge in [-0.3, -0.25) is 6.58 Å². The molecule has 0 spiro atoms. The van der Waals surface area contributed by atoms with E-state index in [1.165, 1.54) is 24.6 Å². The second-order valence-electron chi connectivity index (χ2n) is 4.74. The Morgan fingerprint density at radius 3 is 1.93 bits per heavy atom. The van der Waals surface area contributed by atoms with Crippen molar-refractivity contribution in [1.29, 1.82) is 0 Å². The maximum atomic E-state index is 4.93. The van der Waals surface area contributed by atoms with Crippen LogP contribution < -0.4 is 0 Å². The summed E-state index contributed by atoms with van der Waals surface area (Å²) in [5.41, 5.74) is 1.34. The van der Waals surface area contributed by atoms with E-state index in [9.17, 15) is 0 Å². The van der Waals surface area contributed by atoms with Crippen LogP contribution in [0.3, 0.4) is 0 Å². The van der Waals surface area contributed by atoms with E-state index in [2.05, 4.69) is 42.7 Å². The molecule has 0 aliphatic carbocycles. The molecule has 0 aliphatic heterocycles. The van der Waals surface area contributed by atoms with Crippen LogP contribution >= 0.6 is 0 Å². The molecule has 2 rings (SSSR count). The molecule has 2 heterocycles. The zero-order valence-electron chi connectivity index (χ0n) is 17.7. The summed E-state index contributed by atoms with van der Waals surface area (Å²) in [6, 6.07) is 7.86. The van der Waals surface area contributed by atoms with Crippen LogP contribution in [0, 0.1) is 19.7 Å². The SMILES string of the molecule is C=CC=CC.CCCc1ccc[nH]1.[CH-]=CC=CC.[CH2-]CC.[Ru+3].[Ru].[c-]1ccc[nH]1. The fourth-order valence-electron chi connectivity index (χ4n) is 1.28. The predicted octanol–water partition coefficient (Wildman–Crippen LogP) is 7.31. The van der Waals surface area contributed by atoms with Crippen LogP contribution in [0.1, 0.15) is 46.2 Å². The summed E-state index contributed by atoms with van der Waals surface area (Å²) in [6.45, 7) is 20.0. The van der Waals surface area contributed by atoms with E-state index in [1.807, 2.05) is 69.6 Å². The molecular weight excluding hydrogens is 518 g/mol. The van der Waals surface area contributed by atoms with E-state index >= 15 is 0 Å². The largest absolute Gasteiger partial charge is 3.00 e. The van der Waals surface area contributed by atoms with Gasteiger partial charge in [0.2, 0.25) is 0 Å². The molecule has 0 amide bonds. The summed E-state index contributed by atoms with van der Waals surface area (Å²) in [6.07, 6.45) is 20.6. The molecule has 4 heteroatoms. The minimum Gasteiger partial charge on any atom is -0.484 e. The zero-order chi connectivity index (χ0) is 20.3. The topological polar surface area (TPSA) is 31.6 Å². The molecular formula is C24H37N2Ru2. The molecule has 0 bridgehead atoms. The number of H-pyrrole nitrogens is 2. The molecule has 0 fully saturated rings. The zero-order valence-corrected chi connectivity index (χ0v) is 21.2. The minimum absolute atomic E-state index is 0. The molecule has 1 radical (unpaired) electrons. The van der Waals surface area contributed by atoms with Gasteiger partial charge in [0.05, 0.1) is 0 Å². The Balaban J connectivity index is -0.0000000801. The molecule has 2 aromatic rings. The fourth-order valence-corrected chi connectivity index (χ4v) is 1.28. The van der Waals surface area contributed by atoms with Crippen molar-refractivity contribution in [3.63, 3.8) is 0 Å². The molecule has 159 valence electrons. The van der Waals surface area contributed by atoms with Crippen LogP contribution in [-0.2, 0) is 45.4 Å². The fraction of sp³-hybridized carbons (Fsp3) is 0.292. The van der Waals surface area contributed by atoms with Crippen molar-refractivity contribution >= 4 is 0 Å². The van der Waals surface area contributed by atoms with E-state index in [1.54, 1.807) is 12.2 Å². The first-order chi connectivity index (χ1) is 12.7. The Morgan fingerprint density at radius 2 is 1.75 bits per heavy atom. The monoisotopic (exact) mass is 557 g/mol.